The summed E-state index contributed by atoms with van der Waals surface area (Å²) in [5.41, 5.74) is 1.31. The third-order valence-corrected chi connectivity index (χ3v) is 2.63. The molecule has 1 heterocycles. The van der Waals surface area contributed by atoms with E-state index in [-0.39, 0.29) is 17.9 Å². The number of carboxylic acids is 1. The zero-order valence-corrected chi connectivity index (χ0v) is 10.6. The van der Waals surface area contributed by atoms with Gasteiger partial charge in [-0.2, -0.15) is 5.10 Å². The van der Waals surface area contributed by atoms with Gasteiger partial charge in [0.25, 0.3) is 5.91 Å². The van der Waals surface area contributed by atoms with Crippen LogP contribution in [0.5, 0.6) is 0 Å². The first-order valence-corrected chi connectivity index (χ1v) is 5.77. The zero-order valence-electron chi connectivity index (χ0n) is 10.6. The van der Waals surface area contributed by atoms with Crippen LogP contribution in [0.15, 0.2) is 30.6 Å². The lowest BCUT2D eigenvalue weighted by molar-refractivity contribution is -0.137. The summed E-state index contributed by atoms with van der Waals surface area (Å²) in [4.78, 5) is 22.5. The highest BCUT2D eigenvalue weighted by Gasteiger charge is 2.11. The Kier molecular flexibility index (Phi) is 3.79. The fourth-order valence-electron chi connectivity index (χ4n) is 1.67. The Morgan fingerprint density at radius 2 is 2.20 bits per heavy atom. The first-order valence-electron chi connectivity index (χ1n) is 5.77. The summed E-state index contributed by atoms with van der Waals surface area (Å²) in [5.74, 6) is -1.86. The topological polar surface area (TPSA) is 84.2 Å². The van der Waals surface area contributed by atoms with Gasteiger partial charge >= 0.3 is 5.97 Å². The number of hydrogen-bond acceptors (Lipinski definition) is 3. The second kappa shape index (κ2) is 5.52. The number of aryl methyl sites for hydroxylation is 1. The van der Waals surface area contributed by atoms with Crippen molar-refractivity contribution >= 4 is 17.6 Å². The van der Waals surface area contributed by atoms with Crippen LogP contribution in [0.1, 0.15) is 15.9 Å². The molecule has 0 saturated heterocycles. The minimum absolute atomic E-state index is 0.231. The number of carboxylic acid groups (broad SMARTS) is 1. The highest BCUT2D eigenvalue weighted by molar-refractivity contribution is 6.04. The van der Waals surface area contributed by atoms with Crippen LogP contribution < -0.4 is 5.32 Å². The lowest BCUT2D eigenvalue weighted by Crippen LogP contribution is -2.13. The van der Waals surface area contributed by atoms with E-state index < -0.39 is 11.9 Å². The van der Waals surface area contributed by atoms with Crippen molar-refractivity contribution < 1.29 is 19.1 Å². The summed E-state index contributed by atoms with van der Waals surface area (Å²) in [6.07, 6.45) is 2.61. The van der Waals surface area contributed by atoms with Gasteiger partial charge < -0.3 is 10.4 Å². The van der Waals surface area contributed by atoms with Gasteiger partial charge in [0.2, 0.25) is 0 Å². The van der Waals surface area contributed by atoms with Crippen molar-refractivity contribution in [2.45, 2.75) is 13.5 Å². The number of amides is 1. The van der Waals surface area contributed by atoms with Crippen LogP contribution in [0.4, 0.5) is 10.1 Å². The summed E-state index contributed by atoms with van der Waals surface area (Å²) in [5, 5.41) is 15.0. The fraction of sp³-hybridized carbons (Fsp3) is 0.154. The molecule has 2 N–H and O–H groups in total. The molecule has 0 radical (unpaired) electrons. The molecule has 7 heteroatoms. The number of nitrogens with one attached hydrogen (secondary N) is 1. The molecule has 0 saturated carbocycles. The van der Waals surface area contributed by atoms with Gasteiger partial charge in [-0.1, -0.05) is 0 Å². The van der Waals surface area contributed by atoms with Crippen LogP contribution in [-0.4, -0.2) is 26.8 Å². The van der Waals surface area contributed by atoms with Crippen LogP contribution in [0, 0.1) is 12.7 Å². The number of anilines is 1. The smallest absolute Gasteiger partial charge is 0.325 e. The van der Waals surface area contributed by atoms with Crippen LogP contribution in [0.2, 0.25) is 0 Å². The highest BCUT2D eigenvalue weighted by Crippen LogP contribution is 2.16. The minimum Gasteiger partial charge on any atom is -0.480 e. The van der Waals surface area contributed by atoms with E-state index in [2.05, 4.69) is 10.4 Å². The van der Waals surface area contributed by atoms with E-state index in [0.717, 1.165) is 4.68 Å². The van der Waals surface area contributed by atoms with E-state index in [1.807, 2.05) is 0 Å². The summed E-state index contributed by atoms with van der Waals surface area (Å²) >= 11 is 0. The molecule has 2 rings (SSSR count). The molecule has 0 bridgehead atoms. The number of rotatable bonds is 4. The molecule has 20 heavy (non-hydrogen) atoms. The summed E-state index contributed by atoms with van der Waals surface area (Å²) in [7, 11) is 0. The van der Waals surface area contributed by atoms with E-state index in [4.69, 9.17) is 5.11 Å². The Bertz CT molecular complexity index is 667. The van der Waals surface area contributed by atoms with Crippen molar-refractivity contribution in [3.63, 3.8) is 0 Å². The Morgan fingerprint density at radius 1 is 1.45 bits per heavy atom. The van der Waals surface area contributed by atoms with E-state index >= 15 is 0 Å². The van der Waals surface area contributed by atoms with Gasteiger partial charge in [-0.3, -0.25) is 14.3 Å². The third-order valence-electron chi connectivity index (χ3n) is 2.63. The van der Waals surface area contributed by atoms with E-state index in [1.54, 1.807) is 6.92 Å². The predicted octanol–water partition coefficient (Wildman–Crippen LogP) is 1.67. The molecule has 0 unspecified atom stereocenters. The predicted molar refractivity (Wildman–Crippen MR) is 69.0 cm³/mol. The van der Waals surface area contributed by atoms with E-state index in [1.165, 1.54) is 30.6 Å². The SMILES string of the molecule is Cc1cc(F)ccc1NC(=O)c1cnn(CC(=O)O)c1. The van der Waals surface area contributed by atoms with Crippen molar-refractivity contribution in [3.05, 3.63) is 47.5 Å². The monoisotopic (exact) mass is 277 g/mol. The van der Waals surface area contributed by atoms with Crippen LogP contribution in [-0.2, 0) is 11.3 Å². The van der Waals surface area contributed by atoms with Gasteiger partial charge in [0.1, 0.15) is 12.4 Å². The fourth-order valence-corrected chi connectivity index (χ4v) is 1.67. The van der Waals surface area contributed by atoms with Crippen LogP contribution in [0.25, 0.3) is 0 Å². The molecule has 6 nitrogen and oxygen atoms in total. The zero-order chi connectivity index (χ0) is 14.7. The van der Waals surface area contributed by atoms with Gasteiger partial charge in [-0.05, 0) is 30.7 Å². The molecular formula is C13H12FN3O3. The van der Waals surface area contributed by atoms with Gasteiger partial charge in [-0.15, -0.1) is 0 Å². The summed E-state index contributed by atoms with van der Waals surface area (Å²) in [6.45, 7) is 1.36. The quantitative estimate of drug-likeness (QED) is 0.890. The average molecular weight is 277 g/mol. The van der Waals surface area contributed by atoms with Gasteiger partial charge in [0.15, 0.2) is 0 Å². The third kappa shape index (κ3) is 3.19. The number of aromatic nitrogens is 2. The highest BCUT2D eigenvalue weighted by atomic mass is 19.1. The first-order chi connectivity index (χ1) is 9.45. The second-order valence-corrected chi connectivity index (χ2v) is 4.23. The molecule has 1 aromatic heterocycles. The number of halogens is 1. The van der Waals surface area contributed by atoms with E-state index in [9.17, 15) is 14.0 Å². The number of carbonyl (C=O) groups is 2. The Balaban J connectivity index is 2.11. The number of carbonyl (C=O) groups excluding carboxylic acids is 1. The van der Waals surface area contributed by atoms with Crippen molar-refractivity contribution in [3.8, 4) is 0 Å². The standard InChI is InChI=1S/C13H12FN3O3/c1-8-4-10(14)2-3-11(8)16-13(20)9-5-15-17(6-9)7-12(18)19/h2-6H,7H2,1H3,(H,16,20)(H,18,19). The Hall–Kier alpha value is -2.70. The maximum Gasteiger partial charge on any atom is 0.325 e. The Labute approximate surface area is 113 Å². The van der Waals surface area contributed by atoms with Crippen molar-refractivity contribution in [1.29, 1.82) is 0 Å². The maximum atomic E-state index is 13.0. The Morgan fingerprint density at radius 3 is 2.85 bits per heavy atom. The number of benzene rings is 1. The number of nitrogens with zero attached hydrogens (tertiary/aromatic N) is 2. The van der Waals surface area contributed by atoms with Crippen LogP contribution in [0.3, 0.4) is 0 Å². The summed E-state index contributed by atoms with van der Waals surface area (Å²) < 4.78 is 14.1. The van der Waals surface area contributed by atoms with Crippen LogP contribution >= 0.6 is 0 Å². The molecule has 0 spiro atoms. The molecule has 0 fully saturated rings. The van der Waals surface area contributed by atoms with Gasteiger partial charge in [0.05, 0.1) is 11.8 Å². The first kappa shape index (κ1) is 13.7. The number of hydrogen-bond donors (Lipinski definition) is 2. The lowest BCUT2D eigenvalue weighted by atomic mass is 10.2. The van der Waals surface area contributed by atoms with Crippen molar-refractivity contribution in [2.24, 2.45) is 0 Å². The lowest BCUT2D eigenvalue weighted by Gasteiger charge is -2.06. The summed E-state index contributed by atoms with van der Waals surface area (Å²) in [6, 6.07) is 4.02. The number of aliphatic carboxylic acids is 1. The molecule has 0 atom stereocenters. The largest absolute Gasteiger partial charge is 0.480 e. The minimum atomic E-state index is -1.05. The van der Waals surface area contributed by atoms with Crippen molar-refractivity contribution in [1.82, 2.24) is 9.78 Å². The van der Waals surface area contributed by atoms with Gasteiger partial charge in [0, 0.05) is 11.9 Å². The molecule has 1 aromatic carbocycles. The molecule has 0 aliphatic heterocycles. The maximum absolute atomic E-state index is 13.0. The molecular weight excluding hydrogens is 265 g/mol. The van der Waals surface area contributed by atoms with E-state index in [0.29, 0.717) is 11.3 Å². The molecule has 2 aromatic rings. The molecule has 0 aliphatic rings. The van der Waals surface area contributed by atoms with Gasteiger partial charge in [-0.25, -0.2) is 4.39 Å². The normalized spacial score (nSPS) is 10.3. The average Bonchev–Trinajstić information content (AvgIpc) is 2.80. The molecule has 0 aliphatic carbocycles. The molecule has 1 amide bonds. The second-order valence-electron chi connectivity index (χ2n) is 4.23. The molecule has 104 valence electrons. The van der Waals surface area contributed by atoms with Crippen molar-refractivity contribution in [2.75, 3.05) is 5.32 Å².